The number of carbonyl (C=O) groups excluding carboxylic acids is 1. The van der Waals surface area contributed by atoms with Crippen LogP contribution < -0.4 is 10.6 Å². The van der Waals surface area contributed by atoms with Crippen LogP contribution in [0.2, 0.25) is 0 Å². The van der Waals surface area contributed by atoms with Crippen LogP contribution in [0.5, 0.6) is 0 Å². The maximum Gasteiger partial charge on any atom is 0.229 e. The summed E-state index contributed by atoms with van der Waals surface area (Å²) in [4.78, 5) is 12.1. The highest BCUT2D eigenvalue weighted by atomic mass is 16.5. The fourth-order valence-corrected chi connectivity index (χ4v) is 2.30. The average Bonchev–Trinajstić information content (AvgIpc) is 2.76. The Morgan fingerprint density at radius 2 is 2.33 bits per heavy atom. The lowest BCUT2D eigenvalue weighted by molar-refractivity contribution is -0.120. The molecule has 18 heavy (non-hydrogen) atoms. The molecule has 1 fully saturated rings. The van der Waals surface area contributed by atoms with Crippen molar-refractivity contribution in [1.29, 1.82) is 0 Å². The molecule has 1 saturated heterocycles. The van der Waals surface area contributed by atoms with E-state index in [9.17, 15) is 4.79 Å². The maximum absolute atomic E-state index is 12.1. The number of methoxy groups -OCH3 is 1. The average molecular weight is 248 g/mol. The number of hydrogen-bond acceptors (Lipinski definition) is 3. The number of amides is 1. The van der Waals surface area contributed by atoms with Gasteiger partial charge in [0.2, 0.25) is 5.91 Å². The fraction of sp³-hybridized carbons (Fsp3) is 0.500. The van der Waals surface area contributed by atoms with Crippen LogP contribution in [0.3, 0.4) is 0 Å². The molecule has 0 radical (unpaired) electrons. The van der Waals surface area contributed by atoms with E-state index in [1.54, 1.807) is 7.11 Å². The summed E-state index contributed by atoms with van der Waals surface area (Å²) < 4.78 is 5.08. The van der Waals surface area contributed by atoms with Crippen molar-refractivity contribution >= 4 is 11.6 Å². The van der Waals surface area contributed by atoms with Gasteiger partial charge in [0, 0.05) is 19.3 Å². The summed E-state index contributed by atoms with van der Waals surface area (Å²) in [7, 11) is 1.66. The van der Waals surface area contributed by atoms with Gasteiger partial charge in [-0.15, -0.1) is 0 Å². The van der Waals surface area contributed by atoms with Gasteiger partial charge in [0.25, 0.3) is 0 Å². The molecule has 4 nitrogen and oxygen atoms in total. The smallest absolute Gasteiger partial charge is 0.229 e. The van der Waals surface area contributed by atoms with Crippen molar-refractivity contribution in [3.63, 3.8) is 0 Å². The van der Waals surface area contributed by atoms with Crippen molar-refractivity contribution in [3.05, 3.63) is 29.8 Å². The van der Waals surface area contributed by atoms with Gasteiger partial charge in [0.05, 0.1) is 12.5 Å². The number of hydrogen-bond donors (Lipinski definition) is 2. The van der Waals surface area contributed by atoms with Gasteiger partial charge in [0.15, 0.2) is 0 Å². The van der Waals surface area contributed by atoms with Gasteiger partial charge in [-0.3, -0.25) is 4.79 Å². The van der Waals surface area contributed by atoms with Crippen molar-refractivity contribution in [2.45, 2.75) is 13.5 Å². The molecule has 2 atom stereocenters. The topological polar surface area (TPSA) is 50.4 Å². The van der Waals surface area contributed by atoms with Crippen molar-refractivity contribution in [1.82, 2.24) is 5.32 Å². The molecular formula is C14H20N2O2. The minimum absolute atomic E-state index is 0.0658. The third-order valence-corrected chi connectivity index (χ3v) is 3.36. The van der Waals surface area contributed by atoms with Crippen LogP contribution in [0, 0.1) is 11.8 Å². The standard InChI is InChI=1S/C14H20N2O2/c1-10-7-15-8-13(10)14(17)16-12-5-3-4-11(6-12)9-18-2/h3-6,10,13,15H,7-9H2,1-2H3,(H,16,17). The SMILES string of the molecule is COCc1cccc(NC(=O)C2CNCC2C)c1. The molecular weight excluding hydrogens is 228 g/mol. The summed E-state index contributed by atoms with van der Waals surface area (Å²) in [6.45, 7) is 4.35. The van der Waals surface area contributed by atoms with E-state index in [0.29, 0.717) is 12.5 Å². The van der Waals surface area contributed by atoms with Gasteiger partial charge in [0.1, 0.15) is 0 Å². The van der Waals surface area contributed by atoms with Gasteiger partial charge in [-0.1, -0.05) is 19.1 Å². The minimum atomic E-state index is 0.0658. The number of nitrogens with one attached hydrogen (secondary N) is 2. The zero-order valence-electron chi connectivity index (χ0n) is 10.9. The largest absolute Gasteiger partial charge is 0.380 e. The number of anilines is 1. The highest BCUT2D eigenvalue weighted by Gasteiger charge is 2.29. The second-order valence-corrected chi connectivity index (χ2v) is 4.86. The maximum atomic E-state index is 12.1. The first-order valence-corrected chi connectivity index (χ1v) is 6.30. The molecule has 1 heterocycles. The van der Waals surface area contributed by atoms with Crippen molar-refractivity contribution in [2.75, 3.05) is 25.5 Å². The van der Waals surface area contributed by atoms with E-state index in [0.717, 1.165) is 24.3 Å². The molecule has 1 aromatic carbocycles. The van der Waals surface area contributed by atoms with Crippen LogP contribution in [-0.4, -0.2) is 26.1 Å². The molecule has 2 N–H and O–H groups in total. The van der Waals surface area contributed by atoms with E-state index in [-0.39, 0.29) is 11.8 Å². The zero-order valence-corrected chi connectivity index (χ0v) is 10.9. The van der Waals surface area contributed by atoms with Crippen LogP contribution in [0.1, 0.15) is 12.5 Å². The molecule has 1 aromatic rings. The Morgan fingerprint density at radius 3 is 3.00 bits per heavy atom. The van der Waals surface area contributed by atoms with Crippen LogP contribution in [0.15, 0.2) is 24.3 Å². The summed E-state index contributed by atoms with van der Waals surface area (Å²) in [5.74, 6) is 0.560. The summed E-state index contributed by atoms with van der Waals surface area (Å²) in [6.07, 6.45) is 0. The first-order valence-electron chi connectivity index (χ1n) is 6.30. The number of ether oxygens (including phenoxy) is 1. The lowest BCUT2D eigenvalue weighted by atomic mass is 9.97. The predicted molar refractivity (Wildman–Crippen MR) is 71.3 cm³/mol. The van der Waals surface area contributed by atoms with Crippen molar-refractivity contribution < 1.29 is 9.53 Å². The highest BCUT2D eigenvalue weighted by molar-refractivity contribution is 5.93. The molecule has 1 aliphatic rings. The Bertz CT molecular complexity index is 420. The van der Waals surface area contributed by atoms with Gasteiger partial charge < -0.3 is 15.4 Å². The highest BCUT2D eigenvalue weighted by Crippen LogP contribution is 2.19. The monoisotopic (exact) mass is 248 g/mol. The molecule has 0 spiro atoms. The first kappa shape index (κ1) is 13.1. The Hall–Kier alpha value is -1.39. The van der Waals surface area contributed by atoms with Crippen LogP contribution in [-0.2, 0) is 16.1 Å². The molecule has 0 aromatic heterocycles. The quantitative estimate of drug-likeness (QED) is 0.851. The predicted octanol–water partition coefficient (Wildman–Crippen LogP) is 1.63. The van der Waals surface area contributed by atoms with E-state index in [2.05, 4.69) is 17.6 Å². The molecule has 2 unspecified atom stereocenters. The molecule has 0 saturated carbocycles. The van der Waals surface area contributed by atoms with E-state index in [4.69, 9.17) is 4.74 Å². The van der Waals surface area contributed by atoms with Crippen LogP contribution >= 0.6 is 0 Å². The fourth-order valence-electron chi connectivity index (χ4n) is 2.30. The molecule has 98 valence electrons. The minimum Gasteiger partial charge on any atom is -0.380 e. The van der Waals surface area contributed by atoms with Gasteiger partial charge >= 0.3 is 0 Å². The Balaban J connectivity index is 2.00. The van der Waals surface area contributed by atoms with Gasteiger partial charge in [-0.2, -0.15) is 0 Å². The lowest BCUT2D eigenvalue weighted by Gasteiger charge is -2.14. The molecule has 0 aliphatic carbocycles. The Kier molecular flexibility index (Phi) is 4.33. The van der Waals surface area contributed by atoms with E-state index in [1.807, 2.05) is 24.3 Å². The Morgan fingerprint density at radius 1 is 1.50 bits per heavy atom. The van der Waals surface area contributed by atoms with E-state index < -0.39 is 0 Å². The van der Waals surface area contributed by atoms with Crippen molar-refractivity contribution in [3.8, 4) is 0 Å². The molecule has 0 bridgehead atoms. The second kappa shape index (κ2) is 5.98. The molecule has 1 aliphatic heterocycles. The molecule has 1 amide bonds. The summed E-state index contributed by atoms with van der Waals surface area (Å²) in [6, 6.07) is 7.78. The van der Waals surface area contributed by atoms with Crippen LogP contribution in [0.4, 0.5) is 5.69 Å². The van der Waals surface area contributed by atoms with Crippen molar-refractivity contribution in [2.24, 2.45) is 11.8 Å². The number of rotatable bonds is 4. The third kappa shape index (κ3) is 3.09. The lowest BCUT2D eigenvalue weighted by Crippen LogP contribution is -2.27. The zero-order chi connectivity index (χ0) is 13.0. The molecule has 4 heteroatoms. The third-order valence-electron chi connectivity index (χ3n) is 3.36. The number of benzene rings is 1. The summed E-state index contributed by atoms with van der Waals surface area (Å²) >= 11 is 0. The van der Waals surface area contributed by atoms with Crippen LogP contribution in [0.25, 0.3) is 0 Å². The normalized spacial score (nSPS) is 23.0. The molecule has 2 rings (SSSR count). The van der Waals surface area contributed by atoms with E-state index >= 15 is 0 Å². The summed E-state index contributed by atoms with van der Waals surface area (Å²) in [5, 5.41) is 6.22. The van der Waals surface area contributed by atoms with Gasteiger partial charge in [-0.25, -0.2) is 0 Å². The Labute approximate surface area is 108 Å². The first-order chi connectivity index (χ1) is 8.70. The second-order valence-electron chi connectivity index (χ2n) is 4.86. The summed E-state index contributed by atoms with van der Waals surface area (Å²) in [5.41, 5.74) is 1.90. The number of carbonyl (C=O) groups is 1. The van der Waals surface area contributed by atoms with Gasteiger partial charge in [-0.05, 0) is 30.2 Å². The van der Waals surface area contributed by atoms with E-state index in [1.165, 1.54) is 0 Å².